The van der Waals surface area contributed by atoms with Gasteiger partial charge in [-0.3, -0.25) is 0 Å². The molecule has 1 heterocycles. The quantitative estimate of drug-likeness (QED) is 0.778. The summed E-state index contributed by atoms with van der Waals surface area (Å²) in [6, 6.07) is 5.47. The average molecular weight is 205 g/mol. The van der Waals surface area contributed by atoms with Gasteiger partial charge in [0, 0.05) is 10.8 Å². The van der Waals surface area contributed by atoms with Crippen LogP contribution in [0.25, 0.3) is 10.1 Å². The van der Waals surface area contributed by atoms with Crippen LogP contribution < -0.4 is 4.74 Å². The van der Waals surface area contributed by atoms with E-state index in [9.17, 15) is 5.11 Å². The monoisotopic (exact) mass is 205 g/mol. The number of nitriles is 1. The van der Waals surface area contributed by atoms with Gasteiger partial charge in [-0.2, -0.15) is 5.26 Å². The second-order valence-electron chi connectivity index (χ2n) is 2.78. The summed E-state index contributed by atoms with van der Waals surface area (Å²) in [5, 5.41) is 20.7. The van der Waals surface area contributed by atoms with Crippen molar-refractivity contribution in [3.63, 3.8) is 0 Å². The van der Waals surface area contributed by atoms with Crippen molar-refractivity contribution in [2.75, 3.05) is 7.11 Å². The number of ether oxygens (including phenoxy) is 1. The molecule has 0 radical (unpaired) electrons. The standard InChI is InChI=1S/C10H7NO2S/c1-13-7-2-6(4-11)10-8(3-7)9(12)5-14-10/h2-3,5,12H,1H3. The van der Waals surface area contributed by atoms with Crippen molar-refractivity contribution >= 4 is 21.4 Å². The molecule has 70 valence electrons. The maximum Gasteiger partial charge on any atom is 0.134 e. The Morgan fingerprint density at radius 1 is 1.50 bits per heavy atom. The Morgan fingerprint density at radius 2 is 2.29 bits per heavy atom. The Bertz CT molecular complexity index is 525. The van der Waals surface area contributed by atoms with Crippen molar-refractivity contribution in [3.8, 4) is 17.6 Å². The molecule has 2 rings (SSSR count). The molecule has 0 amide bonds. The SMILES string of the molecule is COc1cc(C#N)c2scc(O)c2c1. The van der Waals surface area contributed by atoms with Gasteiger partial charge in [-0.25, -0.2) is 0 Å². The van der Waals surface area contributed by atoms with Crippen LogP contribution >= 0.6 is 11.3 Å². The van der Waals surface area contributed by atoms with Crippen molar-refractivity contribution in [2.45, 2.75) is 0 Å². The number of rotatable bonds is 1. The predicted molar refractivity (Wildman–Crippen MR) is 54.8 cm³/mol. The van der Waals surface area contributed by atoms with Crippen LogP contribution in [-0.4, -0.2) is 12.2 Å². The zero-order chi connectivity index (χ0) is 10.1. The van der Waals surface area contributed by atoms with Gasteiger partial charge < -0.3 is 9.84 Å². The minimum absolute atomic E-state index is 0.195. The summed E-state index contributed by atoms with van der Waals surface area (Å²) in [6.07, 6.45) is 0. The third-order valence-corrected chi connectivity index (χ3v) is 3.00. The zero-order valence-electron chi connectivity index (χ0n) is 7.44. The maximum atomic E-state index is 9.50. The first kappa shape index (κ1) is 8.85. The van der Waals surface area contributed by atoms with Crippen LogP contribution in [0.5, 0.6) is 11.5 Å². The molecule has 4 heteroatoms. The predicted octanol–water partition coefficient (Wildman–Crippen LogP) is 2.49. The van der Waals surface area contributed by atoms with E-state index in [4.69, 9.17) is 10.00 Å². The molecule has 0 aliphatic carbocycles. The Hall–Kier alpha value is -1.73. The van der Waals surface area contributed by atoms with Gasteiger partial charge in [-0.05, 0) is 12.1 Å². The molecule has 0 saturated heterocycles. The molecular weight excluding hydrogens is 198 g/mol. The highest BCUT2D eigenvalue weighted by molar-refractivity contribution is 7.17. The number of benzene rings is 1. The molecule has 3 nitrogen and oxygen atoms in total. The molecule has 1 aromatic heterocycles. The fourth-order valence-corrected chi connectivity index (χ4v) is 2.18. The lowest BCUT2D eigenvalue weighted by Crippen LogP contribution is -1.84. The highest BCUT2D eigenvalue weighted by Crippen LogP contribution is 2.36. The molecule has 0 fully saturated rings. The highest BCUT2D eigenvalue weighted by Gasteiger charge is 2.09. The fraction of sp³-hybridized carbons (Fsp3) is 0.100. The van der Waals surface area contributed by atoms with E-state index in [0.29, 0.717) is 16.7 Å². The number of hydrogen-bond acceptors (Lipinski definition) is 4. The molecule has 2 aromatic rings. The van der Waals surface area contributed by atoms with E-state index in [1.54, 1.807) is 17.5 Å². The van der Waals surface area contributed by atoms with Crippen molar-refractivity contribution < 1.29 is 9.84 Å². The molecule has 0 unspecified atom stereocenters. The zero-order valence-corrected chi connectivity index (χ0v) is 8.26. The number of nitrogens with zero attached hydrogens (tertiary/aromatic N) is 1. The Morgan fingerprint density at radius 3 is 2.93 bits per heavy atom. The van der Waals surface area contributed by atoms with Gasteiger partial charge in [0.2, 0.25) is 0 Å². The van der Waals surface area contributed by atoms with Crippen molar-refractivity contribution in [3.05, 3.63) is 23.1 Å². The Balaban J connectivity index is 2.84. The lowest BCUT2D eigenvalue weighted by atomic mass is 10.1. The van der Waals surface area contributed by atoms with E-state index >= 15 is 0 Å². The van der Waals surface area contributed by atoms with E-state index in [0.717, 1.165) is 4.70 Å². The smallest absolute Gasteiger partial charge is 0.134 e. The first-order valence-electron chi connectivity index (χ1n) is 3.94. The van der Waals surface area contributed by atoms with Crippen molar-refractivity contribution in [1.29, 1.82) is 5.26 Å². The minimum Gasteiger partial charge on any atom is -0.506 e. The van der Waals surface area contributed by atoms with E-state index in [-0.39, 0.29) is 5.75 Å². The molecule has 0 aliphatic rings. The summed E-state index contributed by atoms with van der Waals surface area (Å²) in [6.45, 7) is 0. The minimum atomic E-state index is 0.195. The summed E-state index contributed by atoms with van der Waals surface area (Å²) >= 11 is 1.36. The normalized spacial score (nSPS) is 10.0. The van der Waals surface area contributed by atoms with Crippen LogP contribution in [0.2, 0.25) is 0 Å². The number of fused-ring (bicyclic) bond motifs is 1. The van der Waals surface area contributed by atoms with E-state index in [1.165, 1.54) is 18.4 Å². The van der Waals surface area contributed by atoms with E-state index in [2.05, 4.69) is 6.07 Å². The molecular formula is C10H7NO2S. The molecule has 0 saturated carbocycles. The number of methoxy groups -OCH3 is 1. The fourth-order valence-electron chi connectivity index (χ4n) is 1.30. The van der Waals surface area contributed by atoms with Gasteiger partial charge in [0.15, 0.2) is 0 Å². The van der Waals surface area contributed by atoms with Crippen LogP contribution in [0.3, 0.4) is 0 Å². The third-order valence-electron chi connectivity index (χ3n) is 1.98. The average Bonchev–Trinajstić information content (AvgIpc) is 2.59. The third kappa shape index (κ3) is 1.19. The van der Waals surface area contributed by atoms with Crippen LogP contribution in [0.4, 0.5) is 0 Å². The van der Waals surface area contributed by atoms with Gasteiger partial charge in [0.1, 0.15) is 17.6 Å². The lowest BCUT2D eigenvalue weighted by Gasteiger charge is -2.00. The summed E-state index contributed by atoms with van der Waals surface area (Å²) in [5.41, 5.74) is 0.532. The van der Waals surface area contributed by atoms with Gasteiger partial charge in [0.05, 0.1) is 17.4 Å². The second kappa shape index (κ2) is 3.20. The molecule has 1 N–H and O–H groups in total. The Kier molecular flexibility index (Phi) is 2.02. The summed E-state index contributed by atoms with van der Waals surface area (Å²) in [4.78, 5) is 0. The molecule has 0 spiro atoms. The van der Waals surface area contributed by atoms with Gasteiger partial charge in [-0.1, -0.05) is 0 Å². The molecule has 0 atom stereocenters. The molecule has 0 aliphatic heterocycles. The second-order valence-corrected chi connectivity index (χ2v) is 3.66. The largest absolute Gasteiger partial charge is 0.506 e. The highest BCUT2D eigenvalue weighted by atomic mass is 32.1. The first-order valence-corrected chi connectivity index (χ1v) is 4.82. The van der Waals surface area contributed by atoms with Crippen molar-refractivity contribution in [1.82, 2.24) is 0 Å². The van der Waals surface area contributed by atoms with Gasteiger partial charge in [0.25, 0.3) is 0 Å². The molecule has 1 aromatic carbocycles. The number of hydrogen-bond donors (Lipinski definition) is 1. The van der Waals surface area contributed by atoms with Crippen molar-refractivity contribution in [2.24, 2.45) is 0 Å². The van der Waals surface area contributed by atoms with Gasteiger partial charge in [-0.15, -0.1) is 11.3 Å². The number of thiophene rings is 1. The van der Waals surface area contributed by atoms with E-state index in [1.807, 2.05) is 0 Å². The summed E-state index contributed by atoms with van der Waals surface area (Å²) < 4.78 is 5.83. The Labute approximate surface area is 84.8 Å². The van der Waals surface area contributed by atoms with Crippen LogP contribution in [0.1, 0.15) is 5.56 Å². The summed E-state index contributed by atoms with van der Waals surface area (Å²) in [5.74, 6) is 0.781. The topological polar surface area (TPSA) is 53.2 Å². The maximum absolute atomic E-state index is 9.50. The molecule has 14 heavy (non-hydrogen) atoms. The van der Waals surface area contributed by atoms with Crippen LogP contribution in [-0.2, 0) is 0 Å². The van der Waals surface area contributed by atoms with E-state index < -0.39 is 0 Å². The summed E-state index contributed by atoms with van der Waals surface area (Å²) in [7, 11) is 1.53. The van der Waals surface area contributed by atoms with Crippen LogP contribution in [0.15, 0.2) is 17.5 Å². The lowest BCUT2D eigenvalue weighted by molar-refractivity contribution is 0.415. The van der Waals surface area contributed by atoms with Gasteiger partial charge >= 0.3 is 0 Å². The first-order chi connectivity index (χ1) is 6.76. The molecule has 0 bridgehead atoms. The number of aromatic hydroxyl groups is 1. The van der Waals surface area contributed by atoms with Crippen LogP contribution in [0, 0.1) is 11.3 Å².